The lowest BCUT2D eigenvalue weighted by molar-refractivity contribution is -0.144. The summed E-state index contributed by atoms with van der Waals surface area (Å²) in [5.74, 6) is 0.640. The minimum Gasteiger partial charge on any atom is -0.369 e. The summed E-state index contributed by atoms with van der Waals surface area (Å²) in [7, 11) is 0. The van der Waals surface area contributed by atoms with E-state index in [1.807, 2.05) is 11.8 Å². The standard InChI is InChI=1S/C15H29N5O2/c1-6-7-10-22-12(2)14(21)20(11-15(3,4)5)9-8-13-16-18-19-17-13/h12H,6-11H2,1-5H3,(H,16,17,18,19). The van der Waals surface area contributed by atoms with Gasteiger partial charge in [0.25, 0.3) is 5.91 Å². The molecule has 1 unspecified atom stereocenters. The molecule has 1 atom stereocenters. The van der Waals surface area contributed by atoms with Crippen LogP contribution in [-0.2, 0) is 16.0 Å². The van der Waals surface area contributed by atoms with Gasteiger partial charge in [0.15, 0.2) is 5.82 Å². The monoisotopic (exact) mass is 311 g/mol. The molecule has 22 heavy (non-hydrogen) atoms. The van der Waals surface area contributed by atoms with Gasteiger partial charge >= 0.3 is 0 Å². The van der Waals surface area contributed by atoms with Crippen molar-refractivity contribution in [2.24, 2.45) is 5.41 Å². The number of amides is 1. The van der Waals surface area contributed by atoms with Gasteiger partial charge in [-0.15, -0.1) is 10.2 Å². The molecule has 0 bridgehead atoms. The topological polar surface area (TPSA) is 84.0 Å². The van der Waals surface area contributed by atoms with Gasteiger partial charge in [-0.05, 0) is 18.8 Å². The Kier molecular flexibility index (Phi) is 7.44. The van der Waals surface area contributed by atoms with Crippen LogP contribution in [0.5, 0.6) is 0 Å². The SMILES string of the molecule is CCCCOC(C)C(=O)N(CCc1nn[nH]n1)CC(C)(C)C. The van der Waals surface area contributed by atoms with Crippen LogP contribution >= 0.6 is 0 Å². The molecule has 1 aromatic heterocycles. The third kappa shape index (κ3) is 6.98. The summed E-state index contributed by atoms with van der Waals surface area (Å²) in [5.41, 5.74) is 0.0239. The summed E-state index contributed by atoms with van der Waals surface area (Å²) >= 11 is 0. The predicted octanol–water partition coefficient (Wildman–Crippen LogP) is 1.82. The van der Waals surface area contributed by atoms with Crippen molar-refractivity contribution in [3.63, 3.8) is 0 Å². The average molecular weight is 311 g/mol. The summed E-state index contributed by atoms with van der Waals surface area (Å²) in [6.07, 6.45) is 2.20. The summed E-state index contributed by atoms with van der Waals surface area (Å²) < 4.78 is 5.64. The molecule has 1 amide bonds. The number of tetrazole rings is 1. The first-order valence-electron chi connectivity index (χ1n) is 7.96. The van der Waals surface area contributed by atoms with Crippen molar-refractivity contribution in [2.75, 3.05) is 19.7 Å². The molecule has 0 radical (unpaired) electrons. The van der Waals surface area contributed by atoms with Gasteiger partial charge in [-0.3, -0.25) is 4.79 Å². The molecule has 0 fully saturated rings. The molecule has 7 nitrogen and oxygen atoms in total. The Balaban J connectivity index is 2.60. The number of carbonyl (C=O) groups excluding carboxylic acids is 1. The van der Waals surface area contributed by atoms with Gasteiger partial charge in [-0.1, -0.05) is 39.3 Å². The van der Waals surface area contributed by atoms with E-state index in [4.69, 9.17) is 4.74 Å². The molecule has 7 heteroatoms. The molecular weight excluding hydrogens is 282 g/mol. The highest BCUT2D eigenvalue weighted by molar-refractivity contribution is 5.80. The van der Waals surface area contributed by atoms with Crippen LogP contribution < -0.4 is 0 Å². The van der Waals surface area contributed by atoms with E-state index in [2.05, 4.69) is 48.3 Å². The number of aromatic nitrogens is 4. The first-order valence-corrected chi connectivity index (χ1v) is 7.96. The fraction of sp³-hybridized carbons (Fsp3) is 0.867. The maximum atomic E-state index is 12.6. The molecule has 0 aliphatic rings. The van der Waals surface area contributed by atoms with Gasteiger partial charge in [-0.2, -0.15) is 5.21 Å². The predicted molar refractivity (Wildman–Crippen MR) is 84.2 cm³/mol. The Hall–Kier alpha value is -1.50. The van der Waals surface area contributed by atoms with E-state index in [0.29, 0.717) is 31.9 Å². The quantitative estimate of drug-likeness (QED) is 0.703. The number of nitrogens with zero attached hydrogens (tertiary/aromatic N) is 4. The summed E-state index contributed by atoms with van der Waals surface area (Å²) in [4.78, 5) is 14.5. The van der Waals surface area contributed by atoms with Crippen LogP contribution in [0, 0.1) is 5.41 Å². The molecule has 0 saturated heterocycles. The second-order valence-corrected chi connectivity index (χ2v) is 6.77. The minimum absolute atomic E-state index is 0.0227. The zero-order valence-electron chi connectivity index (χ0n) is 14.4. The highest BCUT2D eigenvalue weighted by Gasteiger charge is 2.25. The molecule has 0 spiro atoms. The lowest BCUT2D eigenvalue weighted by Gasteiger charge is -2.31. The van der Waals surface area contributed by atoms with Crippen molar-refractivity contribution in [3.8, 4) is 0 Å². The van der Waals surface area contributed by atoms with Crippen molar-refractivity contribution < 1.29 is 9.53 Å². The van der Waals surface area contributed by atoms with E-state index in [-0.39, 0.29) is 11.3 Å². The van der Waals surface area contributed by atoms with Gasteiger partial charge in [-0.25, -0.2) is 0 Å². The summed E-state index contributed by atoms with van der Waals surface area (Å²) in [6.45, 7) is 12.1. The molecule has 1 aromatic rings. The molecule has 0 aliphatic heterocycles. The molecular formula is C15H29N5O2. The fourth-order valence-corrected chi connectivity index (χ4v) is 2.10. The number of ether oxygens (including phenoxy) is 1. The number of hydrogen-bond acceptors (Lipinski definition) is 5. The Morgan fingerprint density at radius 1 is 1.41 bits per heavy atom. The van der Waals surface area contributed by atoms with Gasteiger partial charge in [0.1, 0.15) is 6.10 Å². The van der Waals surface area contributed by atoms with Crippen LogP contribution in [0.1, 0.15) is 53.3 Å². The van der Waals surface area contributed by atoms with Crippen LogP contribution in [-0.4, -0.2) is 57.2 Å². The van der Waals surface area contributed by atoms with Crippen molar-refractivity contribution in [3.05, 3.63) is 5.82 Å². The first kappa shape index (κ1) is 18.5. The number of unbranched alkanes of at least 4 members (excludes halogenated alkanes) is 1. The largest absolute Gasteiger partial charge is 0.369 e. The smallest absolute Gasteiger partial charge is 0.251 e. The average Bonchev–Trinajstić information content (AvgIpc) is 2.94. The fourth-order valence-electron chi connectivity index (χ4n) is 2.10. The van der Waals surface area contributed by atoms with Crippen molar-refractivity contribution in [1.82, 2.24) is 25.5 Å². The lowest BCUT2D eigenvalue weighted by Crippen LogP contribution is -2.44. The lowest BCUT2D eigenvalue weighted by atomic mass is 9.95. The second-order valence-electron chi connectivity index (χ2n) is 6.77. The van der Waals surface area contributed by atoms with E-state index < -0.39 is 6.10 Å². The summed E-state index contributed by atoms with van der Waals surface area (Å²) in [5, 5.41) is 13.8. The van der Waals surface area contributed by atoms with Crippen LogP contribution in [0.15, 0.2) is 0 Å². The molecule has 1 N–H and O–H groups in total. The second kappa shape index (κ2) is 8.82. The normalized spacial score (nSPS) is 13.1. The summed E-state index contributed by atoms with van der Waals surface area (Å²) in [6, 6.07) is 0. The molecule has 0 aliphatic carbocycles. The van der Waals surface area contributed by atoms with Crippen LogP contribution in [0.4, 0.5) is 0 Å². The van der Waals surface area contributed by atoms with E-state index in [0.717, 1.165) is 12.8 Å². The number of H-pyrrole nitrogens is 1. The Labute approximate surface area is 132 Å². The highest BCUT2D eigenvalue weighted by Crippen LogP contribution is 2.16. The van der Waals surface area contributed by atoms with Gasteiger partial charge < -0.3 is 9.64 Å². The number of rotatable bonds is 9. The zero-order valence-corrected chi connectivity index (χ0v) is 14.4. The Morgan fingerprint density at radius 2 is 2.14 bits per heavy atom. The van der Waals surface area contributed by atoms with Gasteiger partial charge in [0.2, 0.25) is 0 Å². The minimum atomic E-state index is -0.417. The molecule has 126 valence electrons. The van der Waals surface area contributed by atoms with Crippen LogP contribution in [0.2, 0.25) is 0 Å². The van der Waals surface area contributed by atoms with Crippen molar-refractivity contribution >= 4 is 5.91 Å². The molecule has 0 saturated carbocycles. The van der Waals surface area contributed by atoms with Gasteiger partial charge in [0.05, 0.1) is 0 Å². The third-order valence-corrected chi connectivity index (χ3v) is 3.18. The van der Waals surface area contributed by atoms with E-state index >= 15 is 0 Å². The Bertz CT molecular complexity index is 428. The number of aromatic amines is 1. The van der Waals surface area contributed by atoms with Crippen molar-refractivity contribution in [1.29, 1.82) is 0 Å². The zero-order chi connectivity index (χ0) is 16.6. The van der Waals surface area contributed by atoms with E-state index in [1.165, 1.54) is 0 Å². The number of carbonyl (C=O) groups is 1. The highest BCUT2D eigenvalue weighted by atomic mass is 16.5. The Morgan fingerprint density at radius 3 is 2.68 bits per heavy atom. The maximum absolute atomic E-state index is 12.6. The third-order valence-electron chi connectivity index (χ3n) is 3.18. The number of hydrogen-bond donors (Lipinski definition) is 1. The van der Waals surface area contributed by atoms with Crippen molar-refractivity contribution in [2.45, 2.75) is 60.0 Å². The first-order chi connectivity index (χ1) is 10.3. The van der Waals surface area contributed by atoms with Gasteiger partial charge in [0, 0.05) is 26.1 Å². The maximum Gasteiger partial charge on any atom is 0.251 e. The van der Waals surface area contributed by atoms with E-state index in [1.54, 1.807) is 0 Å². The molecule has 0 aromatic carbocycles. The molecule has 1 heterocycles. The van der Waals surface area contributed by atoms with Crippen LogP contribution in [0.25, 0.3) is 0 Å². The molecule has 1 rings (SSSR count). The van der Waals surface area contributed by atoms with Crippen LogP contribution in [0.3, 0.4) is 0 Å². The number of nitrogens with one attached hydrogen (secondary N) is 1. The van der Waals surface area contributed by atoms with E-state index in [9.17, 15) is 4.79 Å².